The standard InChI is InChI=1S/C36H23BN4/c1-3-9-25(10-4-1)40-35-27-20-22-38-23-24(27)16-17-30(35)28-13-7-14-29-31-18-19-33-32(15-8-21-39-33)36(31)41(37(40)34(28)29)26-11-5-2-6-12-26/h1-23H. The van der Waals surface area contributed by atoms with Crippen molar-refractivity contribution in [2.45, 2.75) is 0 Å². The first kappa shape index (κ1) is 22.4. The molecule has 4 nitrogen and oxygen atoms in total. The van der Waals surface area contributed by atoms with E-state index in [4.69, 9.17) is 4.98 Å². The van der Waals surface area contributed by atoms with E-state index in [1.807, 2.05) is 24.7 Å². The van der Waals surface area contributed by atoms with Crippen LogP contribution in [0.3, 0.4) is 0 Å². The van der Waals surface area contributed by atoms with Gasteiger partial charge in [-0.25, -0.2) is 0 Å². The number of anilines is 4. The molecule has 0 bridgehead atoms. The van der Waals surface area contributed by atoms with Gasteiger partial charge in [-0.3, -0.25) is 9.97 Å². The summed E-state index contributed by atoms with van der Waals surface area (Å²) in [7, 11) is 0. The zero-order valence-electron chi connectivity index (χ0n) is 22.1. The van der Waals surface area contributed by atoms with Gasteiger partial charge >= 0.3 is 6.98 Å². The van der Waals surface area contributed by atoms with Crippen molar-refractivity contribution in [3.05, 3.63) is 140 Å². The molecule has 5 heteroatoms. The molecule has 0 amide bonds. The maximum atomic E-state index is 4.76. The fourth-order valence-corrected chi connectivity index (χ4v) is 6.89. The number of nitrogens with zero attached hydrogens (tertiary/aromatic N) is 4. The zero-order valence-corrected chi connectivity index (χ0v) is 22.1. The summed E-state index contributed by atoms with van der Waals surface area (Å²) in [6, 6.07) is 43.7. The number of rotatable bonds is 2. The van der Waals surface area contributed by atoms with E-state index >= 15 is 0 Å². The van der Waals surface area contributed by atoms with Gasteiger partial charge in [0.25, 0.3) is 0 Å². The van der Waals surface area contributed by atoms with Crippen molar-refractivity contribution in [2.24, 2.45) is 0 Å². The highest BCUT2D eigenvalue weighted by Gasteiger charge is 2.47. The topological polar surface area (TPSA) is 32.3 Å². The average Bonchev–Trinajstić information content (AvgIpc) is 3.05. The smallest absolute Gasteiger partial charge is 0.361 e. The van der Waals surface area contributed by atoms with E-state index in [1.54, 1.807) is 0 Å². The van der Waals surface area contributed by atoms with Crippen LogP contribution in [-0.4, -0.2) is 17.0 Å². The Morgan fingerprint density at radius 3 is 1.85 bits per heavy atom. The summed E-state index contributed by atoms with van der Waals surface area (Å²) in [6.07, 6.45) is 5.75. The van der Waals surface area contributed by atoms with Crippen LogP contribution in [0.25, 0.3) is 43.9 Å². The molecule has 0 fully saturated rings. The van der Waals surface area contributed by atoms with Crippen LogP contribution in [0.2, 0.25) is 0 Å². The van der Waals surface area contributed by atoms with E-state index < -0.39 is 0 Å². The molecule has 0 saturated carbocycles. The quantitative estimate of drug-likeness (QED) is 0.215. The number of para-hydroxylation sites is 2. The van der Waals surface area contributed by atoms with E-state index in [0.717, 1.165) is 27.7 Å². The van der Waals surface area contributed by atoms with Crippen LogP contribution in [-0.2, 0) is 0 Å². The zero-order chi connectivity index (χ0) is 26.9. The minimum absolute atomic E-state index is 0.129. The van der Waals surface area contributed by atoms with Crippen LogP contribution in [0.15, 0.2) is 140 Å². The lowest BCUT2D eigenvalue weighted by molar-refractivity contribution is 1.27. The Balaban J connectivity index is 1.48. The molecule has 0 atom stereocenters. The number of aromatic nitrogens is 2. The lowest BCUT2D eigenvalue weighted by Gasteiger charge is -2.48. The average molecular weight is 522 g/mol. The second-order valence-electron chi connectivity index (χ2n) is 10.6. The van der Waals surface area contributed by atoms with Crippen LogP contribution >= 0.6 is 0 Å². The molecule has 0 N–H and O–H groups in total. The van der Waals surface area contributed by atoms with Gasteiger partial charge in [0.1, 0.15) is 0 Å². The molecule has 4 heterocycles. The molecule has 41 heavy (non-hydrogen) atoms. The van der Waals surface area contributed by atoms with Crippen molar-refractivity contribution in [1.82, 2.24) is 9.97 Å². The van der Waals surface area contributed by atoms with Gasteiger partial charge in [0.05, 0.1) is 5.52 Å². The fraction of sp³-hybridized carbons (Fsp3) is 0. The molecular weight excluding hydrogens is 499 g/mol. The van der Waals surface area contributed by atoms with Crippen LogP contribution in [0, 0.1) is 0 Å². The van der Waals surface area contributed by atoms with Crippen LogP contribution < -0.4 is 15.1 Å². The van der Waals surface area contributed by atoms with Crippen molar-refractivity contribution in [1.29, 1.82) is 0 Å². The first-order valence-electron chi connectivity index (χ1n) is 14.0. The second-order valence-corrected chi connectivity index (χ2v) is 10.6. The first-order valence-corrected chi connectivity index (χ1v) is 14.0. The van der Waals surface area contributed by atoms with E-state index in [0.29, 0.717) is 0 Å². The number of hydrogen-bond donors (Lipinski definition) is 0. The number of pyridine rings is 2. The molecule has 0 unspecified atom stereocenters. The fourth-order valence-electron chi connectivity index (χ4n) is 6.89. The molecule has 0 spiro atoms. The van der Waals surface area contributed by atoms with Gasteiger partial charge in [-0.05, 0) is 65.1 Å². The highest BCUT2D eigenvalue weighted by molar-refractivity contribution is 6.87. The summed E-state index contributed by atoms with van der Waals surface area (Å²) in [5.74, 6) is 0. The minimum Gasteiger partial charge on any atom is -0.361 e. The number of fused-ring (bicyclic) bond motifs is 8. The molecule has 9 rings (SSSR count). The molecule has 7 aromatic rings. The maximum absolute atomic E-state index is 4.76. The van der Waals surface area contributed by atoms with E-state index in [-0.39, 0.29) is 6.98 Å². The van der Waals surface area contributed by atoms with Crippen molar-refractivity contribution >= 4 is 56.9 Å². The van der Waals surface area contributed by atoms with Crippen molar-refractivity contribution < 1.29 is 0 Å². The molecule has 2 aliphatic heterocycles. The minimum atomic E-state index is -0.129. The third-order valence-corrected chi connectivity index (χ3v) is 8.53. The van der Waals surface area contributed by atoms with Crippen molar-refractivity contribution in [3.8, 4) is 22.3 Å². The van der Waals surface area contributed by atoms with E-state index in [9.17, 15) is 0 Å². The Bertz CT molecular complexity index is 1980. The van der Waals surface area contributed by atoms with Gasteiger partial charge in [0.2, 0.25) is 0 Å². The second kappa shape index (κ2) is 8.54. The molecule has 0 saturated heterocycles. The van der Waals surface area contributed by atoms with Crippen molar-refractivity contribution in [3.63, 3.8) is 0 Å². The van der Waals surface area contributed by atoms with Gasteiger partial charge in [0, 0.05) is 68.6 Å². The third-order valence-electron chi connectivity index (χ3n) is 8.53. The van der Waals surface area contributed by atoms with Gasteiger partial charge in [0.15, 0.2) is 0 Å². The van der Waals surface area contributed by atoms with Gasteiger partial charge < -0.3 is 9.62 Å². The molecule has 5 aromatic carbocycles. The molecule has 2 aliphatic rings. The largest absolute Gasteiger partial charge is 0.421 e. The van der Waals surface area contributed by atoms with Gasteiger partial charge in [-0.1, -0.05) is 72.8 Å². The third kappa shape index (κ3) is 3.11. The summed E-state index contributed by atoms with van der Waals surface area (Å²) in [5.41, 5.74) is 12.0. The van der Waals surface area contributed by atoms with Crippen LogP contribution in [0.1, 0.15) is 0 Å². The normalized spacial score (nSPS) is 13.2. The maximum Gasteiger partial charge on any atom is 0.421 e. The molecule has 2 aromatic heterocycles. The van der Waals surface area contributed by atoms with Crippen LogP contribution in [0.4, 0.5) is 22.7 Å². The van der Waals surface area contributed by atoms with Crippen molar-refractivity contribution in [2.75, 3.05) is 9.62 Å². The predicted octanol–water partition coefficient (Wildman–Crippen LogP) is 8.12. The lowest BCUT2D eigenvalue weighted by atomic mass is 9.53. The summed E-state index contributed by atoms with van der Waals surface area (Å²) >= 11 is 0. The molecule has 0 radical (unpaired) electrons. The Kier molecular flexibility index (Phi) is 4.67. The predicted molar refractivity (Wildman–Crippen MR) is 170 cm³/mol. The molecule has 0 aliphatic carbocycles. The Hall–Kier alpha value is -5.42. The summed E-state index contributed by atoms with van der Waals surface area (Å²) < 4.78 is 0. The highest BCUT2D eigenvalue weighted by atomic mass is 15.2. The molecule has 190 valence electrons. The summed E-state index contributed by atoms with van der Waals surface area (Å²) in [4.78, 5) is 14.3. The van der Waals surface area contributed by atoms with Crippen LogP contribution in [0.5, 0.6) is 0 Å². The van der Waals surface area contributed by atoms with Gasteiger partial charge in [-0.15, -0.1) is 0 Å². The van der Waals surface area contributed by atoms with E-state index in [2.05, 4.69) is 130 Å². The SMILES string of the molecule is c1ccc(N2B3c4c(cccc4-c4ccc5ncccc5c4N3c3ccccc3)-c3ccc4cnccc4c32)cc1. The summed E-state index contributed by atoms with van der Waals surface area (Å²) in [5, 5.41) is 3.46. The Morgan fingerprint density at radius 2 is 1.15 bits per heavy atom. The number of benzene rings is 5. The monoisotopic (exact) mass is 522 g/mol. The van der Waals surface area contributed by atoms with E-state index in [1.165, 1.54) is 44.5 Å². The summed E-state index contributed by atoms with van der Waals surface area (Å²) in [6.45, 7) is -0.129. The Labute approximate surface area is 238 Å². The lowest BCUT2D eigenvalue weighted by Crippen LogP contribution is -2.62. The van der Waals surface area contributed by atoms with Gasteiger partial charge in [-0.2, -0.15) is 0 Å². The first-order chi connectivity index (χ1) is 20.4. The number of hydrogen-bond acceptors (Lipinski definition) is 4. The Morgan fingerprint density at radius 1 is 0.488 bits per heavy atom. The molecular formula is C36H23BN4. The highest BCUT2D eigenvalue weighted by Crippen LogP contribution is 2.51.